The fourth-order valence-electron chi connectivity index (χ4n) is 6.07. The SMILES string of the molecule is CCCCC1(O)CCN(CC23CC(c4ccccc42)c2ccccc23)CC1. The molecule has 1 fully saturated rings. The molecule has 2 aliphatic carbocycles. The highest BCUT2D eigenvalue weighted by Crippen LogP contribution is 2.60. The molecular weight excluding hydrogens is 330 g/mol. The third-order valence-corrected chi connectivity index (χ3v) is 7.53. The Balaban J connectivity index is 1.41. The van der Waals surface area contributed by atoms with Crippen molar-refractivity contribution in [3.63, 3.8) is 0 Å². The lowest BCUT2D eigenvalue weighted by atomic mass is 9.74. The number of unbranched alkanes of at least 4 members (excludes halogenated alkanes) is 1. The zero-order valence-corrected chi connectivity index (χ0v) is 16.5. The first-order valence-corrected chi connectivity index (χ1v) is 10.8. The minimum atomic E-state index is -0.423. The van der Waals surface area contributed by atoms with Crippen LogP contribution in [0.5, 0.6) is 0 Å². The van der Waals surface area contributed by atoms with E-state index in [-0.39, 0.29) is 5.41 Å². The molecule has 2 heteroatoms. The van der Waals surface area contributed by atoms with Crippen molar-refractivity contribution in [3.05, 3.63) is 70.8 Å². The Morgan fingerprint density at radius 1 is 0.963 bits per heavy atom. The molecule has 2 bridgehead atoms. The van der Waals surface area contributed by atoms with Crippen molar-refractivity contribution in [1.82, 2.24) is 4.90 Å². The van der Waals surface area contributed by atoms with Crippen LogP contribution >= 0.6 is 0 Å². The molecule has 2 nitrogen and oxygen atoms in total. The lowest BCUT2D eigenvalue weighted by Gasteiger charge is -2.42. The van der Waals surface area contributed by atoms with Crippen molar-refractivity contribution in [2.75, 3.05) is 19.6 Å². The van der Waals surface area contributed by atoms with E-state index in [1.165, 1.54) is 12.8 Å². The molecule has 5 rings (SSSR count). The van der Waals surface area contributed by atoms with E-state index in [1.807, 2.05) is 0 Å². The molecule has 3 aliphatic rings. The molecule has 0 atom stereocenters. The van der Waals surface area contributed by atoms with Gasteiger partial charge in [-0.2, -0.15) is 0 Å². The zero-order chi connectivity index (χ0) is 18.5. The number of hydrogen-bond donors (Lipinski definition) is 1. The number of benzene rings is 2. The van der Waals surface area contributed by atoms with Crippen LogP contribution in [0.4, 0.5) is 0 Å². The Morgan fingerprint density at radius 2 is 1.56 bits per heavy atom. The first-order valence-electron chi connectivity index (χ1n) is 10.8. The van der Waals surface area contributed by atoms with Crippen molar-refractivity contribution in [1.29, 1.82) is 0 Å². The van der Waals surface area contributed by atoms with E-state index in [9.17, 15) is 5.11 Å². The summed E-state index contributed by atoms with van der Waals surface area (Å²) in [5, 5.41) is 10.9. The molecule has 27 heavy (non-hydrogen) atoms. The van der Waals surface area contributed by atoms with Crippen molar-refractivity contribution in [2.45, 2.75) is 62.4 Å². The fourth-order valence-corrected chi connectivity index (χ4v) is 6.07. The summed E-state index contributed by atoms with van der Waals surface area (Å²) in [4.78, 5) is 2.63. The van der Waals surface area contributed by atoms with Crippen LogP contribution in [0.1, 0.15) is 73.6 Å². The molecule has 0 aromatic heterocycles. The van der Waals surface area contributed by atoms with E-state index < -0.39 is 5.60 Å². The van der Waals surface area contributed by atoms with Crippen LogP contribution in [0.15, 0.2) is 48.5 Å². The Labute approximate surface area is 163 Å². The summed E-state index contributed by atoms with van der Waals surface area (Å²) in [6, 6.07) is 18.2. The van der Waals surface area contributed by atoms with Gasteiger partial charge < -0.3 is 10.0 Å². The maximum atomic E-state index is 10.9. The highest BCUT2D eigenvalue weighted by Gasteiger charge is 2.53. The van der Waals surface area contributed by atoms with Gasteiger partial charge in [0.25, 0.3) is 0 Å². The second kappa shape index (κ2) is 6.46. The van der Waals surface area contributed by atoms with E-state index in [4.69, 9.17) is 0 Å². The van der Waals surface area contributed by atoms with Crippen molar-refractivity contribution in [2.24, 2.45) is 0 Å². The molecule has 1 saturated heterocycles. The largest absolute Gasteiger partial charge is 0.390 e. The summed E-state index contributed by atoms with van der Waals surface area (Å²) in [5.74, 6) is 0.573. The maximum absolute atomic E-state index is 10.9. The number of nitrogens with zero attached hydrogens (tertiary/aromatic N) is 1. The van der Waals surface area contributed by atoms with E-state index >= 15 is 0 Å². The number of hydrogen-bond acceptors (Lipinski definition) is 2. The monoisotopic (exact) mass is 361 g/mol. The van der Waals surface area contributed by atoms with Gasteiger partial charge in [-0.15, -0.1) is 0 Å². The predicted molar refractivity (Wildman–Crippen MR) is 110 cm³/mol. The second-order valence-corrected chi connectivity index (χ2v) is 9.12. The second-order valence-electron chi connectivity index (χ2n) is 9.12. The summed E-state index contributed by atoms with van der Waals surface area (Å²) in [6.45, 7) is 5.36. The normalized spacial score (nSPS) is 28.1. The quantitative estimate of drug-likeness (QED) is 0.824. The van der Waals surface area contributed by atoms with Crippen LogP contribution in [0.25, 0.3) is 0 Å². The van der Waals surface area contributed by atoms with E-state index in [2.05, 4.69) is 60.4 Å². The molecule has 1 N–H and O–H groups in total. The van der Waals surface area contributed by atoms with Gasteiger partial charge in [-0.05, 0) is 47.9 Å². The smallest absolute Gasteiger partial charge is 0.0672 e. The Morgan fingerprint density at radius 3 is 2.15 bits per heavy atom. The van der Waals surface area contributed by atoms with Crippen molar-refractivity contribution >= 4 is 0 Å². The van der Waals surface area contributed by atoms with Gasteiger partial charge in [0.1, 0.15) is 0 Å². The molecule has 0 saturated carbocycles. The highest BCUT2D eigenvalue weighted by molar-refractivity contribution is 5.62. The Kier molecular flexibility index (Phi) is 4.18. The Bertz CT molecular complexity index is 786. The van der Waals surface area contributed by atoms with Crippen molar-refractivity contribution < 1.29 is 5.11 Å². The van der Waals surface area contributed by atoms with Gasteiger partial charge in [-0.25, -0.2) is 0 Å². The van der Waals surface area contributed by atoms with Gasteiger partial charge >= 0.3 is 0 Å². The summed E-state index contributed by atoms with van der Waals surface area (Å²) in [6.07, 6.45) is 6.36. The molecule has 2 aromatic carbocycles. The van der Waals surface area contributed by atoms with Crippen LogP contribution in [0.2, 0.25) is 0 Å². The summed E-state index contributed by atoms with van der Waals surface area (Å²) in [5.41, 5.74) is 5.94. The van der Waals surface area contributed by atoms with Crippen LogP contribution in [0.3, 0.4) is 0 Å². The summed E-state index contributed by atoms with van der Waals surface area (Å²) in [7, 11) is 0. The number of aliphatic hydroxyl groups is 1. The van der Waals surface area contributed by atoms with Gasteiger partial charge in [-0.3, -0.25) is 0 Å². The lowest BCUT2D eigenvalue weighted by Crippen LogP contribution is -2.48. The molecular formula is C25H31NO. The molecule has 1 aliphatic heterocycles. The molecule has 0 amide bonds. The molecule has 142 valence electrons. The molecule has 0 spiro atoms. The minimum absolute atomic E-state index is 0.150. The molecule has 0 unspecified atom stereocenters. The highest BCUT2D eigenvalue weighted by atomic mass is 16.3. The van der Waals surface area contributed by atoms with Gasteiger partial charge in [0, 0.05) is 31.0 Å². The Hall–Kier alpha value is -1.64. The zero-order valence-electron chi connectivity index (χ0n) is 16.5. The van der Waals surface area contributed by atoms with Gasteiger partial charge in [0.05, 0.1) is 5.60 Å². The first kappa shape index (κ1) is 17.5. The first-order chi connectivity index (χ1) is 13.2. The number of likely N-dealkylation sites (tertiary alicyclic amines) is 1. The van der Waals surface area contributed by atoms with Gasteiger partial charge in [0.2, 0.25) is 0 Å². The van der Waals surface area contributed by atoms with Crippen molar-refractivity contribution in [3.8, 4) is 0 Å². The molecule has 0 radical (unpaired) electrons. The van der Waals surface area contributed by atoms with Crippen LogP contribution in [-0.2, 0) is 5.41 Å². The molecule has 2 aromatic rings. The standard InChI is InChI=1S/C25H31NO/c1-2-3-12-24(27)13-15-26(16-14-24)18-25-17-21(19-8-4-6-10-22(19)25)20-9-5-7-11-23(20)25/h4-11,21,27H,2-3,12-18H2,1H3. The lowest BCUT2D eigenvalue weighted by molar-refractivity contribution is -0.0318. The average Bonchev–Trinajstić information content (AvgIpc) is 3.21. The van der Waals surface area contributed by atoms with Gasteiger partial charge in [-0.1, -0.05) is 68.3 Å². The summed E-state index contributed by atoms with van der Waals surface area (Å²) >= 11 is 0. The number of rotatable bonds is 5. The maximum Gasteiger partial charge on any atom is 0.0672 e. The third-order valence-electron chi connectivity index (χ3n) is 7.53. The van der Waals surface area contributed by atoms with E-state index in [0.717, 1.165) is 45.3 Å². The fraction of sp³-hybridized carbons (Fsp3) is 0.520. The van der Waals surface area contributed by atoms with E-state index in [0.29, 0.717) is 5.92 Å². The van der Waals surface area contributed by atoms with Gasteiger partial charge in [0.15, 0.2) is 0 Å². The third kappa shape index (κ3) is 2.68. The average molecular weight is 362 g/mol. The predicted octanol–water partition coefficient (Wildman–Crippen LogP) is 4.84. The van der Waals surface area contributed by atoms with Crippen LogP contribution in [0, 0.1) is 0 Å². The summed E-state index contributed by atoms with van der Waals surface area (Å²) < 4.78 is 0. The van der Waals surface area contributed by atoms with Crippen LogP contribution in [-0.4, -0.2) is 35.2 Å². The number of fused-ring (bicyclic) bond motifs is 8. The topological polar surface area (TPSA) is 23.5 Å². The molecule has 1 heterocycles. The minimum Gasteiger partial charge on any atom is -0.390 e. The van der Waals surface area contributed by atoms with Crippen LogP contribution < -0.4 is 0 Å². The number of piperidine rings is 1. The van der Waals surface area contributed by atoms with E-state index in [1.54, 1.807) is 22.3 Å².